The van der Waals surface area contributed by atoms with Gasteiger partial charge >= 0.3 is 0 Å². The van der Waals surface area contributed by atoms with E-state index >= 15 is 0 Å². The highest BCUT2D eigenvalue weighted by Crippen LogP contribution is 2.35. The molecule has 1 aliphatic heterocycles. The second kappa shape index (κ2) is 6.29. The van der Waals surface area contributed by atoms with Crippen LogP contribution in [0.25, 0.3) is 0 Å². The van der Waals surface area contributed by atoms with Crippen LogP contribution in [-0.2, 0) is 0 Å². The Hall–Kier alpha value is -1.22. The molecular weight excluding hydrogens is 238 g/mol. The van der Waals surface area contributed by atoms with Gasteiger partial charge in [-0.1, -0.05) is 13.0 Å². The summed E-state index contributed by atoms with van der Waals surface area (Å²) in [7, 11) is 1.66. The molecule has 1 N–H and O–H groups in total. The van der Waals surface area contributed by atoms with Crippen LogP contribution in [0.3, 0.4) is 0 Å². The first-order valence-corrected chi connectivity index (χ1v) is 7.23. The maximum absolute atomic E-state index is 10.1. The van der Waals surface area contributed by atoms with Crippen LogP contribution in [0.15, 0.2) is 18.2 Å². The maximum Gasteiger partial charge on any atom is 0.126 e. The summed E-state index contributed by atoms with van der Waals surface area (Å²) in [5.41, 5.74) is 2.04. The molecule has 1 aromatic carbocycles. The van der Waals surface area contributed by atoms with E-state index in [1.165, 1.54) is 19.3 Å². The minimum Gasteiger partial charge on any atom is -0.496 e. The summed E-state index contributed by atoms with van der Waals surface area (Å²) < 4.78 is 5.40. The molecule has 1 heterocycles. The smallest absolute Gasteiger partial charge is 0.126 e. The van der Waals surface area contributed by atoms with Gasteiger partial charge in [0.2, 0.25) is 0 Å². The third-order valence-electron chi connectivity index (χ3n) is 4.04. The molecular formula is C16H25NO2. The summed E-state index contributed by atoms with van der Waals surface area (Å²) in [5, 5.41) is 10.1. The predicted molar refractivity (Wildman–Crippen MR) is 78.9 cm³/mol. The van der Waals surface area contributed by atoms with Crippen molar-refractivity contribution in [3.63, 3.8) is 0 Å². The molecule has 0 amide bonds. The van der Waals surface area contributed by atoms with E-state index in [0.717, 1.165) is 36.0 Å². The topological polar surface area (TPSA) is 32.7 Å². The molecule has 0 bridgehead atoms. The van der Waals surface area contributed by atoms with E-state index in [1.807, 2.05) is 19.1 Å². The Morgan fingerprint density at radius 2 is 2.11 bits per heavy atom. The average Bonchev–Trinajstić information content (AvgIpc) is 2.62. The summed E-state index contributed by atoms with van der Waals surface area (Å²) >= 11 is 0. The van der Waals surface area contributed by atoms with Gasteiger partial charge in [-0.25, -0.2) is 0 Å². The van der Waals surface area contributed by atoms with Gasteiger partial charge in [-0.15, -0.1) is 0 Å². The Morgan fingerprint density at radius 3 is 2.79 bits per heavy atom. The fraction of sp³-hybridized carbons (Fsp3) is 0.625. The molecule has 3 nitrogen and oxygen atoms in total. The fourth-order valence-electron chi connectivity index (χ4n) is 2.91. The van der Waals surface area contributed by atoms with Crippen LogP contribution in [-0.4, -0.2) is 25.3 Å². The number of aliphatic hydroxyl groups is 1. The highest BCUT2D eigenvalue weighted by molar-refractivity contribution is 5.60. The number of ether oxygens (including phenoxy) is 1. The first-order valence-electron chi connectivity index (χ1n) is 7.23. The van der Waals surface area contributed by atoms with Gasteiger partial charge in [0.25, 0.3) is 0 Å². The first-order chi connectivity index (χ1) is 9.13. The number of rotatable bonds is 3. The fourth-order valence-corrected chi connectivity index (χ4v) is 2.91. The van der Waals surface area contributed by atoms with Gasteiger partial charge in [0.1, 0.15) is 5.75 Å². The lowest BCUT2D eigenvalue weighted by molar-refractivity contribution is 0.194. The Labute approximate surface area is 116 Å². The number of methoxy groups -OCH3 is 1. The van der Waals surface area contributed by atoms with Crippen molar-refractivity contribution in [1.29, 1.82) is 0 Å². The number of anilines is 1. The molecule has 0 spiro atoms. The normalized spacial score (nSPS) is 21.9. The molecule has 1 aromatic rings. The molecule has 0 saturated carbocycles. The Morgan fingerprint density at radius 1 is 1.32 bits per heavy atom. The molecule has 2 atom stereocenters. The number of benzene rings is 1. The zero-order valence-corrected chi connectivity index (χ0v) is 12.2. The second-order valence-corrected chi connectivity index (χ2v) is 5.59. The van der Waals surface area contributed by atoms with Gasteiger partial charge in [0.05, 0.1) is 13.2 Å². The summed E-state index contributed by atoms with van der Waals surface area (Å²) in [6.07, 6.45) is 3.23. The van der Waals surface area contributed by atoms with Gasteiger partial charge in [0.15, 0.2) is 0 Å². The molecule has 106 valence electrons. The summed E-state index contributed by atoms with van der Waals surface area (Å²) in [6.45, 7) is 6.26. The lowest BCUT2D eigenvalue weighted by atomic mass is 10.0. The van der Waals surface area contributed by atoms with Crippen LogP contribution in [0.2, 0.25) is 0 Å². The largest absolute Gasteiger partial charge is 0.496 e. The highest BCUT2D eigenvalue weighted by atomic mass is 16.5. The minimum absolute atomic E-state index is 0.508. The van der Waals surface area contributed by atoms with Crippen LogP contribution >= 0.6 is 0 Å². The molecule has 1 unspecified atom stereocenters. The minimum atomic E-state index is -0.508. The average molecular weight is 263 g/mol. The molecule has 0 radical (unpaired) electrons. The van der Waals surface area contributed by atoms with E-state index in [1.54, 1.807) is 7.11 Å². The molecule has 1 saturated heterocycles. The Kier molecular flexibility index (Phi) is 4.70. The molecule has 0 aromatic heterocycles. The van der Waals surface area contributed by atoms with Gasteiger partial charge in [-0.3, -0.25) is 0 Å². The van der Waals surface area contributed by atoms with Crippen LogP contribution in [0.1, 0.15) is 44.8 Å². The number of nitrogens with zero attached hydrogens (tertiary/aromatic N) is 1. The van der Waals surface area contributed by atoms with Gasteiger partial charge < -0.3 is 14.7 Å². The van der Waals surface area contributed by atoms with Gasteiger partial charge in [-0.2, -0.15) is 0 Å². The zero-order chi connectivity index (χ0) is 13.8. The highest BCUT2D eigenvalue weighted by Gasteiger charge is 2.20. The lowest BCUT2D eigenvalue weighted by Gasteiger charge is -2.27. The van der Waals surface area contributed by atoms with Crippen molar-refractivity contribution in [1.82, 2.24) is 0 Å². The Balaban J connectivity index is 2.32. The van der Waals surface area contributed by atoms with Crippen LogP contribution < -0.4 is 9.64 Å². The number of aliphatic hydroxyl groups excluding tert-OH is 1. The van der Waals surface area contributed by atoms with Gasteiger partial charge in [0, 0.05) is 24.3 Å². The Bertz CT molecular complexity index is 417. The van der Waals surface area contributed by atoms with E-state index in [2.05, 4.69) is 17.9 Å². The monoisotopic (exact) mass is 263 g/mol. The van der Waals surface area contributed by atoms with Crippen molar-refractivity contribution < 1.29 is 9.84 Å². The third-order valence-corrected chi connectivity index (χ3v) is 4.04. The van der Waals surface area contributed by atoms with Crippen molar-refractivity contribution in [2.45, 2.75) is 39.2 Å². The van der Waals surface area contributed by atoms with Crippen molar-refractivity contribution in [3.05, 3.63) is 23.8 Å². The van der Waals surface area contributed by atoms with Crippen molar-refractivity contribution in [3.8, 4) is 5.75 Å². The van der Waals surface area contributed by atoms with E-state index < -0.39 is 6.10 Å². The lowest BCUT2D eigenvalue weighted by Crippen LogP contribution is -2.25. The van der Waals surface area contributed by atoms with E-state index in [9.17, 15) is 5.11 Å². The summed E-state index contributed by atoms with van der Waals surface area (Å²) in [6, 6.07) is 6.03. The quantitative estimate of drug-likeness (QED) is 0.907. The van der Waals surface area contributed by atoms with Crippen molar-refractivity contribution in [2.24, 2.45) is 5.92 Å². The number of hydrogen-bond acceptors (Lipinski definition) is 3. The molecule has 19 heavy (non-hydrogen) atoms. The summed E-state index contributed by atoms with van der Waals surface area (Å²) in [5.74, 6) is 1.58. The van der Waals surface area contributed by atoms with Crippen LogP contribution in [0, 0.1) is 5.92 Å². The van der Waals surface area contributed by atoms with Crippen LogP contribution in [0.4, 0.5) is 5.69 Å². The van der Waals surface area contributed by atoms with Crippen LogP contribution in [0.5, 0.6) is 5.75 Å². The predicted octanol–water partition coefficient (Wildman–Crippen LogP) is 3.37. The number of hydrogen-bond donors (Lipinski definition) is 1. The van der Waals surface area contributed by atoms with E-state index in [4.69, 9.17) is 4.74 Å². The standard InChI is InChI=1S/C16H25NO2/c1-12-6-5-10-17(11-9-12)14-7-4-8-15(19-3)16(14)13(2)18/h4,7-8,12-13,18H,5-6,9-11H2,1-3H3/t12?,13-/m1/s1. The third kappa shape index (κ3) is 3.21. The zero-order valence-electron chi connectivity index (χ0n) is 12.2. The molecule has 2 rings (SSSR count). The second-order valence-electron chi connectivity index (χ2n) is 5.59. The first kappa shape index (κ1) is 14.2. The molecule has 1 aliphatic rings. The van der Waals surface area contributed by atoms with E-state index in [0.29, 0.717) is 0 Å². The molecule has 0 aliphatic carbocycles. The van der Waals surface area contributed by atoms with E-state index in [-0.39, 0.29) is 0 Å². The van der Waals surface area contributed by atoms with Crippen molar-refractivity contribution in [2.75, 3.05) is 25.1 Å². The van der Waals surface area contributed by atoms with Gasteiger partial charge in [-0.05, 0) is 44.2 Å². The SMILES string of the molecule is COc1cccc(N2CCCC(C)CC2)c1[C@@H](C)O. The maximum atomic E-state index is 10.1. The van der Waals surface area contributed by atoms with Crippen molar-refractivity contribution >= 4 is 5.69 Å². The molecule has 1 fully saturated rings. The summed E-state index contributed by atoms with van der Waals surface area (Å²) in [4.78, 5) is 2.40. The molecule has 3 heteroatoms.